The molecular formula is C11H16N4O3S. The zero-order chi connectivity index (χ0) is 13.7. The SMILES string of the molecule is CCOC(=O)N1CCCC(C(=O)Nc2nncs2)C1. The number of ether oxygens (including phenoxy) is 1. The lowest BCUT2D eigenvalue weighted by atomic mass is 9.97. The first kappa shape index (κ1) is 13.7. The van der Waals surface area contributed by atoms with Crippen molar-refractivity contribution in [2.45, 2.75) is 19.8 Å². The van der Waals surface area contributed by atoms with Gasteiger partial charge in [0.2, 0.25) is 11.0 Å². The van der Waals surface area contributed by atoms with Gasteiger partial charge in [-0.2, -0.15) is 0 Å². The molecule has 1 aromatic rings. The molecule has 2 amide bonds. The highest BCUT2D eigenvalue weighted by atomic mass is 32.1. The molecule has 1 N–H and O–H groups in total. The number of aromatic nitrogens is 2. The third-order valence-corrected chi connectivity index (χ3v) is 3.52. The Morgan fingerprint density at radius 3 is 3.16 bits per heavy atom. The van der Waals surface area contributed by atoms with Crippen LogP contribution in [0.25, 0.3) is 0 Å². The number of amides is 2. The number of likely N-dealkylation sites (tertiary alicyclic amines) is 1. The summed E-state index contributed by atoms with van der Waals surface area (Å²) in [5.74, 6) is -0.340. The Morgan fingerprint density at radius 2 is 2.47 bits per heavy atom. The van der Waals surface area contributed by atoms with Gasteiger partial charge in [0.1, 0.15) is 5.51 Å². The van der Waals surface area contributed by atoms with Crippen LogP contribution in [-0.4, -0.2) is 46.8 Å². The molecular weight excluding hydrogens is 268 g/mol. The van der Waals surface area contributed by atoms with Crippen LogP contribution in [0.15, 0.2) is 5.51 Å². The lowest BCUT2D eigenvalue weighted by molar-refractivity contribution is -0.121. The van der Waals surface area contributed by atoms with Crippen molar-refractivity contribution in [2.75, 3.05) is 25.0 Å². The van der Waals surface area contributed by atoms with E-state index in [1.807, 2.05) is 0 Å². The highest BCUT2D eigenvalue weighted by Gasteiger charge is 2.29. The molecule has 2 rings (SSSR count). The van der Waals surface area contributed by atoms with Gasteiger partial charge in [-0.1, -0.05) is 11.3 Å². The first-order valence-corrected chi connectivity index (χ1v) is 7.07. The Kier molecular flexibility index (Phi) is 4.67. The fourth-order valence-corrected chi connectivity index (χ4v) is 2.45. The van der Waals surface area contributed by atoms with E-state index in [2.05, 4.69) is 15.5 Å². The van der Waals surface area contributed by atoms with Crippen molar-refractivity contribution < 1.29 is 14.3 Å². The molecule has 0 aromatic carbocycles. The highest BCUT2D eigenvalue weighted by Crippen LogP contribution is 2.19. The van der Waals surface area contributed by atoms with Gasteiger partial charge < -0.3 is 15.0 Å². The van der Waals surface area contributed by atoms with Gasteiger partial charge in [0, 0.05) is 13.1 Å². The topological polar surface area (TPSA) is 84.4 Å². The maximum absolute atomic E-state index is 12.0. The average Bonchev–Trinajstić information content (AvgIpc) is 2.92. The van der Waals surface area contributed by atoms with E-state index in [4.69, 9.17) is 4.74 Å². The summed E-state index contributed by atoms with van der Waals surface area (Å²) in [6.07, 6.45) is 1.21. The average molecular weight is 284 g/mol. The predicted molar refractivity (Wildman–Crippen MR) is 69.9 cm³/mol. The number of carbonyl (C=O) groups excluding carboxylic acids is 2. The summed E-state index contributed by atoms with van der Waals surface area (Å²) in [6.45, 7) is 3.14. The zero-order valence-electron chi connectivity index (χ0n) is 10.7. The van der Waals surface area contributed by atoms with E-state index < -0.39 is 0 Å². The fourth-order valence-electron chi connectivity index (χ4n) is 2.01. The van der Waals surface area contributed by atoms with Crippen LogP contribution in [0.1, 0.15) is 19.8 Å². The molecule has 2 heterocycles. The maximum atomic E-state index is 12.0. The summed E-state index contributed by atoms with van der Waals surface area (Å²) in [5, 5.41) is 10.6. The number of anilines is 1. The summed E-state index contributed by atoms with van der Waals surface area (Å²) in [5.41, 5.74) is 1.56. The lowest BCUT2D eigenvalue weighted by Gasteiger charge is -2.30. The Hall–Kier alpha value is -1.70. The standard InChI is InChI=1S/C11H16N4O3S/c1-2-18-11(17)15-5-3-4-8(6-15)9(16)13-10-14-12-7-19-10/h7-8H,2-6H2,1H3,(H,13,14,16). The minimum absolute atomic E-state index is 0.120. The van der Waals surface area contributed by atoms with Crippen molar-refractivity contribution in [3.63, 3.8) is 0 Å². The summed E-state index contributed by atoms with van der Waals surface area (Å²) >= 11 is 1.27. The normalized spacial score (nSPS) is 19.0. The molecule has 7 nitrogen and oxygen atoms in total. The Morgan fingerprint density at radius 1 is 1.63 bits per heavy atom. The third-order valence-electron chi connectivity index (χ3n) is 2.91. The van der Waals surface area contributed by atoms with E-state index in [-0.39, 0.29) is 17.9 Å². The number of carbonyl (C=O) groups is 2. The molecule has 0 bridgehead atoms. The molecule has 0 aliphatic carbocycles. The second kappa shape index (κ2) is 6.46. The first-order valence-electron chi connectivity index (χ1n) is 6.19. The predicted octanol–water partition coefficient (Wildman–Crippen LogP) is 1.35. The number of rotatable bonds is 3. The van der Waals surface area contributed by atoms with E-state index in [9.17, 15) is 9.59 Å². The molecule has 1 aliphatic heterocycles. The zero-order valence-corrected chi connectivity index (χ0v) is 11.5. The van der Waals surface area contributed by atoms with Crippen molar-refractivity contribution in [2.24, 2.45) is 5.92 Å². The largest absolute Gasteiger partial charge is 0.450 e. The van der Waals surface area contributed by atoms with Crippen LogP contribution < -0.4 is 5.32 Å². The minimum atomic E-state index is -0.351. The van der Waals surface area contributed by atoms with Crippen LogP contribution in [0, 0.1) is 5.92 Å². The van der Waals surface area contributed by atoms with Crippen molar-refractivity contribution >= 4 is 28.5 Å². The monoisotopic (exact) mass is 284 g/mol. The van der Waals surface area contributed by atoms with Gasteiger partial charge in [-0.15, -0.1) is 10.2 Å². The molecule has 0 saturated carbocycles. The third kappa shape index (κ3) is 3.63. The van der Waals surface area contributed by atoms with Gasteiger partial charge in [-0.25, -0.2) is 4.79 Å². The molecule has 1 unspecified atom stereocenters. The molecule has 1 aliphatic rings. The van der Waals surface area contributed by atoms with Crippen LogP contribution in [0.2, 0.25) is 0 Å². The Labute approximate surface area is 115 Å². The number of nitrogens with one attached hydrogen (secondary N) is 1. The van der Waals surface area contributed by atoms with Crippen LogP contribution in [0.5, 0.6) is 0 Å². The number of hydrogen-bond donors (Lipinski definition) is 1. The molecule has 104 valence electrons. The number of piperidine rings is 1. The number of nitrogens with zero attached hydrogens (tertiary/aromatic N) is 3. The van der Waals surface area contributed by atoms with Crippen LogP contribution >= 0.6 is 11.3 Å². The molecule has 1 fully saturated rings. The van der Waals surface area contributed by atoms with Gasteiger partial charge >= 0.3 is 6.09 Å². The van der Waals surface area contributed by atoms with Crippen molar-refractivity contribution in [3.8, 4) is 0 Å². The van der Waals surface area contributed by atoms with E-state index in [0.717, 1.165) is 12.8 Å². The Balaban J connectivity index is 1.89. The molecule has 1 aromatic heterocycles. The van der Waals surface area contributed by atoms with Crippen molar-refractivity contribution in [1.29, 1.82) is 0 Å². The molecule has 19 heavy (non-hydrogen) atoms. The van der Waals surface area contributed by atoms with Gasteiger partial charge in [0.25, 0.3) is 0 Å². The summed E-state index contributed by atoms with van der Waals surface area (Å²) in [7, 11) is 0. The lowest BCUT2D eigenvalue weighted by Crippen LogP contribution is -2.44. The van der Waals surface area contributed by atoms with Crippen molar-refractivity contribution in [3.05, 3.63) is 5.51 Å². The summed E-state index contributed by atoms with van der Waals surface area (Å²) in [6, 6.07) is 0. The number of hydrogen-bond acceptors (Lipinski definition) is 6. The highest BCUT2D eigenvalue weighted by molar-refractivity contribution is 7.13. The quantitative estimate of drug-likeness (QED) is 0.905. The molecule has 0 radical (unpaired) electrons. The van der Waals surface area contributed by atoms with Gasteiger partial charge in [0.15, 0.2) is 0 Å². The minimum Gasteiger partial charge on any atom is -0.450 e. The van der Waals surface area contributed by atoms with Gasteiger partial charge in [-0.3, -0.25) is 4.79 Å². The smallest absolute Gasteiger partial charge is 0.409 e. The second-order valence-corrected chi connectivity index (χ2v) is 5.05. The Bertz CT molecular complexity index is 437. The van der Waals surface area contributed by atoms with E-state index >= 15 is 0 Å². The van der Waals surface area contributed by atoms with Crippen LogP contribution in [0.4, 0.5) is 9.93 Å². The van der Waals surface area contributed by atoms with E-state index in [0.29, 0.717) is 24.8 Å². The van der Waals surface area contributed by atoms with Gasteiger partial charge in [-0.05, 0) is 19.8 Å². The second-order valence-electron chi connectivity index (χ2n) is 4.22. The molecule has 1 atom stereocenters. The fraction of sp³-hybridized carbons (Fsp3) is 0.636. The molecule has 1 saturated heterocycles. The molecule has 0 spiro atoms. The van der Waals surface area contributed by atoms with Crippen LogP contribution in [0.3, 0.4) is 0 Å². The van der Waals surface area contributed by atoms with Crippen LogP contribution in [-0.2, 0) is 9.53 Å². The van der Waals surface area contributed by atoms with E-state index in [1.165, 1.54) is 11.3 Å². The molecule has 8 heteroatoms. The van der Waals surface area contributed by atoms with Gasteiger partial charge in [0.05, 0.1) is 12.5 Å². The summed E-state index contributed by atoms with van der Waals surface area (Å²) < 4.78 is 4.95. The van der Waals surface area contributed by atoms with E-state index in [1.54, 1.807) is 17.3 Å². The first-order chi connectivity index (χ1) is 9.20. The maximum Gasteiger partial charge on any atom is 0.409 e. The van der Waals surface area contributed by atoms with Crippen molar-refractivity contribution in [1.82, 2.24) is 15.1 Å². The summed E-state index contributed by atoms with van der Waals surface area (Å²) in [4.78, 5) is 25.3.